The zero-order chi connectivity index (χ0) is 13.8. The first-order valence-corrected chi connectivity index (χ1v) is 7.76. The summed E-state index contributed by atoms with van der Waals surface area (Å²) in [4.78, 5) is 8.75. The zero-order valence-corrected chi connectivity index (χ0v) is 12.4. The van der Waals surface area contributed by atoms with Crippen molar-refractivity contribution in [1.82, 2.24) is 14.5 Å². The van der Waals surface area contributed by atoms with Crippen molar-refractivity contribution in [2.45, 2.75) is 26.3 Å². The number of para-hydroxylation sites is 1. The number of aryl methyl sites for hydroxylation is 2. The molecule has 1 N–H and O–H groups in total. The molecule has 0 aliphatic heterocycles. The van der Waals surface area contributed by atoms with Gasteiger partial charge in [-0.05, 0) is 24.5 Å². The van der Waals surface area contributed by atoms with Crippen LogP contribution in [-0.4, -0.2) is 21.1 Å². The number of thiazole rings is 1. The van der Waals surface area contributed by atoms with Gasteiger partial charge in [-0.25, -0.2) is 9.97 Å². The predicted octanol–water partition coefficient (Wildman–Crippen LogP) is 3.56. The lowest BCUT2D eigenvalue weighted by Crippen LogP contribution is -2.05. The molecule has 0 saturated heterocycles. The lowest BCUT2D eigenvalue weighted by Gasteiger charge is -2.03. The van der Waals surface area contributed by atoms with Crippen LogP contribution >= 0.6 is 11.3 Å². The number of rotatable bonds is 6. The van der Waals surface area contributed by atoms with E-state index in [2.05, 4.69) is 40.0 Å². The monoisotopic (exact) mass is 286 g/mol. The summed E-state index contributed by atoms with van der Waals surface area (Å²) >= 11 is 1.73. The fraction of sp³-hybridized carbons (Fsp3) is 0.333. The molecule has 0 saturated carbocycles. The van der Waals surface area contributed by atoms with E-state index in [0.717, 1.165) is 36.6 Å². The fourth-order valence-corrected chi connectivity index (χ4v) is 3.18. The second-order valence-corrected chi connectivity index (χ2v) is 5.75. The number of anilines is 1. The fourth-order valence-electron chi connectivity index (χ4n) is 2.24. The smallest absolute Gasteiger partial charge is 0.183 e. The highest BCUT2D eigenvalue weighted by Gasteiger charge is 2.06. The van der Waals surface area contributed by atoms with Crippen LogP contribution in [0, 0.1) is 0 Å². The maximum Gasteiger partial charge on any atom is 0.183 e. The Kier molecular flexibility index (Phi) is 3.97. The Balaban J connectivity index is 1.60. The van der Waals surface area contributed by atoms with Crippen LogP contribution in [0.1, 0.15) is 18.9 Å². The van der Waals surface area contributed by atoms with Gasteiger partial charge in [-0.2, -0.15) is 0 Å². The summed E-state index contributed by atoms with van der Waals surface area (Å²) in [6, 6.07) is 6.41. The molecule has 2 aromatic heterocycles. The number of imidazole rings is 1. The average molecular weight is 286 g/mol. The molecule has 0 bridgehead atoms. The van der Waals surface area contributed by atoms with Crippen molar-refractivity contribution in [3.8, 4) is 0 Å². The Morgan fingerprint density at radius 2 is 2.30 bits per heavy atom. The van der Waals surface area contributed by atoms with Gasteiger partial charge in [-0.1, -0.05) is 30.4 Å². The summed E-state index contributed by atoms with van der Waals surface area (Å²) in [7, 11) is 0. The molecule has 5 heteroatoms. The van der Waals surface area contributed by atoms with Crippen LogP contribution in [-0.2, 0) is 13.0 Å². The van der Waals surface area contributed by atoms with E-state index in [-0.39, 0.29) is 0 Å². The molecule has 104 valence electrons. The zero-order valence-electron chi connectivity index (χ0n) is 11.5. The number of nitrogens with zero attached hydrogens (tertiary/aromatic N) is 3. The first-order valence-electron chi connectivity index (χ1n) is 6.95. The highest BCUT2D eigenvalue weighted by molar-refractivity contribution is 7.22. The molecule has 4 nitrogen and oxygen atoms in total. The van der Waals surface area contributed by atoms with Crippen molar-refractivity contribution < 1.29 is 0 Å². The molecule has 0 radical (unpaired) electrons. The Morgan fingerprint density at radius 1 is 1.35 bits per heavy atom. The van der Waals surface area contributed by atoms with E-state index in [9.17, 15) is 0 Å². The van der Waals surface area contributed by atoms with Crippen molar-refractivity contribution in [3.63, 3.8) is 0 Å². The van der Waals surface area contributed by atoms with Gasteiger partial charge in [0, 0.05) is 25.5 Å². The lowest BCUT2D eigenvalue weighted by atomic mass is 10.1. The number of hydrogen-bond acceptors (Lipinski definition) is 4. The first kappa shape index (κ1) is 13.1. The molecule has 0 aliphatic carbocycles. The minimum Gasteiger partial charge on any atom is -0.361 e. The van der Waals surface area contributed by atoms with E-state index in [1.54, 1.807) is 11.3 Å². The van der Waals surface area contributed by atoms with Gasteiger partial charge < -0.3 is 9.88 Å². The van der Waals surface area contributed by atoms with E-state index in [1.807, 2.05) is 18.7 Å². The molecule has 0 fully saturated rings. The van der Waals surface area contributed by atoms with Crippen LogP contribution < -0.4 is 5.32 Å². The van der Waals surface area contributed by atoms with Crippen LogP contribution in [0.5, 0.6) is 0 Å². The summed E-state index contributed by atoms with van der Waals surface area (Å²) in [5.41, 5.74) is 2.47. The second kappa shape index (κ2) is 6.05. The van der Waals surface area contributed by atoms with Gasteiger partial charge in [0.15, 0.2) is 5.13 Å². The summed E-state index contributed by atoms with van der Waals surface area (Å²) in [6.07, 6.45) is 7.75. The van der Waals surface area contributed by atoms with Crippen LogP contribution in [0.15, 0.2) is 36.9 Å². The van der Waals surface area contributed by atoms with Crippen molar-refractivity contribution in [2.75, 3.05) is 11.9 Å². The van der Waals surface area contributed by atoms with Crippen LogP contribution in [0.2, 0.25) is 0 Å². The van der Waals surface area contributed by atoms with Crippen LogP contribution in [0.3, 0.4) is 0 Å². The van der Waals surface area contributed by atoms with E-state index in [0.29, 0.717) is 0 Å². The molecule has 0 amide bonds. The number of benzene rings is 1. The van der Waals surface area contributed by atoms with Crippen molar-refractivity contribution in [1.29, 1.82) is 0 Å². The molecule has 0 unspecified atom stereocenters. The molecular formula is C15H18N4S. The van der Waals surface area contributed by atoms with Gasteiger partial charge >= 0.3 is 0 Å². The van der Waals surface area contributed by atoms with Gasteiger partial charge in [0.05, 0.1) is 16.5 Å². The summed E-state index contributed by atoms with van der Waals surface area (Å²) < 4.78 is 3.36. The van der Waals surface area contributed by atoms with Crippen LogP contribution in [0.25, 0.3) is 10.2 Å². The van der Waals surface area contributed by atoms with Gasteiger partial charge in [-0.3, -0.25) is 0 Å². The van der Waals surface area contributed by atoms with Gasteiger partial charge in [-0.15, -0.1) is 0 Å². The molecule has 2 heterocycles. The SMILES string of the molecule is CCc1cccc2sc(NCCCn3ccnc3)nc12. The summed E-state index contributed by atoms with van der Waals surface area (Å²) in [5, 5.41) is 4.44. The molecule has 3 rings (SSSR count). The second-order valence-electron chi connectivity index (χ2n) is 4.72. The van der Waals surface area contributed by atoms with E-state index < -0.39 is 0 Å². The summed E-state index contributed by atoms with van der Waals surface area (Å²) in [6.45, 7) is 4.09. The predicted molar refractivity (Wildman–Crippen MR) is 84.3 cm³/mol. The molecular weight excluding hydrogens is 268 g/mol. The van der Waals surface area contributed by atoms with Crippen molar-refractivity contribution in [3.05, 3.63) is 42.5 Å². The third kappa shape index (κ3) is 2.82. The Bertz CT molecular complexity index is 672. The largest absolute Gasteiger partial charge is 0.361 e. The molecule has 20 heavy (non-hydrogen) atoms. The third-order valence-electron chi connectivity index (χ3n) is 3.31. The third-order valence-corrected chi connectivity index (χ3v) is 4.29. The quantitative estimate of drug-likeness (QED) is 0.705. The number of fused-ring (bicyclic) bond motifs is 1. The topological polar surface area (TPSA) is 42.7 Å². The minimum absolute atomic E-state index is 0.930. The van der Waals surface area contributed by atoms with Crippen LogP contribution in [0.4, 0.5) is 5.13 Å². The maximum atomic E-state index is 4.71. The molecule has 0 spiro atoms. The Morgan fingerprint density at radius 3 is 3.10 bits per heavy atom. The minimum atomic E-state index is 0.930. The van der Waals surface area contributed by atoms with E-state index >= 15 is 0 Å². The van der Waals surface area contributed by atoms with Gasteiger partial charge in [0.1, 0.15) is 0 Å². The Labute approximate surface area is 122 Å². The summed E-state index contributed by atoms with van der Waals surface area (Å²) in [5.74, 6) is 0. The molecule has 1 aromatic carbocycles. The molecule has 3 aromatic rings. The average Bonchev–Trinajstić information content (AvgIpc) is 3.11. The van der Waals surface area contributed by atoms with Gasteiger partial charge in [0.25, 0.3) is 0 Å². The van der Waals surface area contributed by atoms with E-state index in [1.165, 1.54) is 10.3 Å². The van der Waals surface area contributed by atoms with Gasteiger partial charge in [0.2, 0.25) is 0 Å². The number of hydrogen-bond donors (Lipinski definition) is 1. The van der Waals surface area contributed by atoms with Crippen molar-refractivity contribution >= 4 is 26.7 Å². The highest BCUT2D eigenvalue weighted by atomic mass is 32.1. The molecule has 0 aliphatic rings. The van der Waals surface area contributed by atoms with Crippen molar-refractivity contribution in [2.24, 2.45) is 0 Å². The lowest BCUT2D eigenvalue weighted by molar-refractivity contribution is 0.660. The standard InChI is InChI=1S/C15H18N4S/c1-2-12-5-3-6-13-14(12)18-15(20-13)17-7-4-9-19-10-8-16-11-19/h3,5-6,8,10-11H,2,4,7,9H2,1H3,(H,17,18). The van der Waals surface area contributed by atoms with E-state index in [4.69, 9.17) is 4.98 Å². The number of nitrogens with one attached hydrogen (secondary N) is 1. The first-order chi connectivity index (χ1) is 9.86. The Hall–Kier alpha value is -1.88. The maximum absolute atomic E-state index is 4.71. The number of aromatic nitrogens is 3. The highest BCUT2D eigenvalue weighted by Crippen LogP contribution is 2.28. The molecule has 0 atom stereocenters. The normalized spacial score (nSPS) is 11.1.